The molecule has 2 aliphatic rings. The van der Waals surface area contributed by atoms with Gasteiger partial charge in [-0.2, -0.15) is 4.98 Å². The summed E-state index contributed by atoms with van der Waals surface area (Å²) < 4.78 is 20.2. The molecule has 19 heavy (non-hydrogen) atoms. The topological polar surface area (TPSA) is 111 Å². The zero-order valence-corrected chi connectivity index (χ0v) is 9.52. The van der Waals surface area contributed by atoms with Gasteiger partial charge < -0.3 is 20.7 Å². The normalized spacial score (nSPS) is 43.6. The summed E-state index contributed by atoms with van der Waals surface area (Å²) in [5, 5.41) is 19.5. The van der Waals surface area contributed by atoms with Crippen LogP contribution in [0.25, 0.3) is 0 Å². The van der Waals surface area contributed by atoms with Crippen molar-refractivity contribution in [3.8, 4) is 12.3 Å². The molecule has 1 aromatic heterocycles. The lowest BCUT2D eigenvalue weighted by Crippen LogP contribution is -2.38. The first-order valence-electron chi connectivity index (χ1n) is 5.43. The van der Waals surface area contributed by atoms with Gasteiger partial charge >= 0.3 is 5.69 Å². The molecule has 1 aliphatic heterocycles. The van der Waals surface area contributed by atoms with Gasteiger partial charge in [-0.1, -0.05) is 5.92 Å². The molecular weight excluding hydrogens is 257 g/mol. The van der Waals surface area contributed by atoms with Gasteiger partial charge in [-0.15, -0.1) is 6.42 Å². The van der Waals surface area contributed by atoms with Crippen molar-refractivity contribution in [2.24, 2.45) is 0 Å². The van der Waals surface area contributed by atoms with Crippen LogP contribution >= 0.6 is 0 Å². The van der Waals surface area contributed by atoms with Crippen LogP contribution in [0.1, 0.15) is 6.23 Å². The Morgan fingerprint density at radius 2 is 2.37 bits per heavy atom. The number of alkyl halides is 1. The third kappa shape index (κ3) is 1.17. The van der Waals surface area contributed by atoms with Crippen LogP contribution in [-0.2, 0) is 4.74 Å². The summed E-state index contributed by atoms with van der Waals surface area (Å²) in [4.78, 5) is 15.0. The molecule has 0 aromatic carbocycles. The molecule has 0 spiro atoms. The number of hydrogen-bond donors (Lipinski definition) is 3. The minimum absolute atomic E-state index is 0.0229. The van der Waals surface area contributed by atoms with E-state index < -0.39 is 35.4 Å². The van der Waals surface area contributed by atoms with Crippen molar-refractivity contribution in [2.75, 3.05) is 5.73 Å². The maximum atomic E-state index is 14.2. The van der Waals surface area contributed by atoms with E-state index in [-0.39, 0.29) is 5.82 Å². The van der Waals surface area contributed by atoms with E-state index in [1.807, 2.05) is 5.92 Å². The van der Waals surface area contributed by atoms with Gasteiger partial charge in [-0.25, -0.2) is 9.18 Å². The third-order valence-electron chi connectivity index (χ3n) is 3.63. The molecule has 0 amide bonds. The smallest absolute Gasteiger partial charge is 0.351 e. The Kier molecular flexibility index (Phi) is 2.12. The van der Waals surface area contributed by atoms with E-state index in [0.717, 1.165) is 4.57 Å². The van der Waals surface area contributed by atoms with Gasteiger partial charge in [-0.3, -0.25) is 4.57 Å². The Balaban J connectivity index is 2.03. The maximum Gasteiger partial charge on any atom is 0.351 e. The van der Waals surface area contributed by atoms with Crippen LogP contribution in [0.4, 0.5) is 10.2 Å². The van der Waals surface area contributed by atoms with Gasteiger partial charge in [0, 0.05) is 6.20 Å². The van der Waals surface area contributed by atoms with Crippen LogP contribution in [0.5, 0.6) is 0 Å². The first-order valence-corrected chi connectivity index (χ1v) is 5.43. The number of hydrogen-bond acceptors (Lipinski definition) is 6. The number of terminal acetylenes is 1. The second kappa shape index (κ2) is 3.33. The van der Waals surface area contributed by atoms with Crippen LogP contribution < -0.4 is 11.4 Å². The predicted molar refractivity (Wildman–Crippen MR) is 60.4 cm³/mol. The van der Waals surface area contributed by atoms with Crippen molar-refractivity contribution in [1.82, 2.24) is 9.55 Å². The van der Waals surface area contributed by atoms with Gasteiger partial charge in [-0.05, 0) is 6.07 Å². The average molecular weight is 267 g/mol. The number of aliphatic hydroxyl groups excluding tert-OH is 1. The third-order valence-corrected chi connectivity index (χ3v) is 3.63. The summed E-state index contributed by atoms with van der Waals surface area (Å²) in [6.07, 6.45) is 1.33. The molecule has 0 bridgehead atoms. The number of aliphatic hydroxyl groups is 2. The largest absolute Gasteiger partial charge is 0.386 e. The second-order valence-corrected chi connectivity index (χ2v) is 4.56. The fraction of sp³-hybridized carbons (Fsp3) is 0.455. The zero-order chi connectivity index (χ0) is 14.0. The molecule has 7 nitrogen and oxygen atoms in total. The molecule has 1 unspecified atom stereocenters. The molecule has 8 heteroatoms. The number of nitrogen functional groups attached to an aromatic ring is 1. The molecule has 4 N–H and O–H groups in total. The van der Waals surface area contributed by atoms with Crippen molar-refractivity contribution in [3.63, 3.8) is 0 Å². The number of fused-ring (bicyclic) bond motifs is 1. The molecule has 3 rings (SSSR count). The second-order valence-electron chi connectivity index (χ2n) is 4.56. The number of rotatable bonds is 1. The Hall–Kier alpha value is -1.95. The molecule has 1 saturated carbocycles. The number of ether oxygens (including phenoxy) is 1. The van der Waals surface area contributed by atoms with Crippen LogP contribution in [0.3, 0.4) is 0 Å². The minimum Gasteiger partial charge on any atom is -0.386 e. The Morgan fingerprint density at radius 1 is 1.68 bits per heavy atom. The standard InChI is InChI=1S/C11H10FN3O4/c1-2-10-8(16)11(10,18)6(12)7(19-10)15-4-3-5(13)14-9(15)17/h1,3-4,6-8,16,18H,(H2,13,14,17)/t6-,7+,8?,10+,11+/m0/s1. The summed E-state index contributed by atoms with van der Waals surface area (Å²) in [5.41, 5.74) is 0.460. The number of halogens is 1. The lowest BCUT2D eigenvalue weighted by molar-refractivity contribution is -0.0778. The van der Waals surface area contributed by atoms with Crippen molar-refractivity contribution in [1.29, 1.82) is 0 Å². The highest BCUT2D eigenvalue weighted by molar-refractivity contribution is 5.45. The van der Waals surface area contributed by atoms with Crippen LogP contribution in [0.2, 0.25) is 0 Å². The summed E-state index contributed by atoms with van der Waals surface area (Å²) in [6.45, 7) is 0. The Morgan fingerprint density at radius 3 is 2.89 bits per heavy atom. The lowest BCUT2D eigenvalue weighted by atomic mass is 10.1. The number of anilines is 1. The van der Waals surface area contributed by atoms with Crippen molar-refractivity contribution < 1.29 is 19.3 Å². The van der Waals surface area contributed by atoms with Crippen molar-refractivity contribution in [3.05, 3.63) is 22.7 Å². The van der Waals surface area contributed by atoms with E-state index in [1.165, 1.54) is 12.3 Å². The van der Waals surface area contributed by atoms with Crippen molar-refractivity contribution in [2.45, 2.75) is 29.7 Å². The molecule has 0 radical (unpaired) electrons. The SMILES string of the molecule is C#C[C@]12O[C@@H](n3ccc(N)nc3=O)[C@H](F)[C@@]1(O)C2O. The van der Waals surface area contributed by atoms with Gasteiger partial charge in [0.2, 0.25) is 0 Å². The number of aromatic nitrogens is 2. The Bertz CT molecular complexity index is 656. The molecule has 2 heterocycles. The van der Waals surface area contributed by atoms with Gasteiger partial charge in [0.25, 0.3) is 0 Å². The monoisotopic (exact) mass is 267 g/mol. The number of nitrogens with zero attached hydrogens (tertiary/aromatic N) is 2. The van der Waals surface area contributed by atoms with E-state index in [1.54, 1.807) is 0 Å². The summed E-state index contributed by atoms with van der Waals surface area (Å²) in [6, 6.07) is 1.28. The Labute approximate surface area is 106 Å². The maximum absolute atomic E-state index is 14.2. The summed E-state index contributed by atoms with van der Waals surface area (Å²) >= 11 is 0. The molecule has 5 atom stereocenters. The number of nitrogens with two attached hydrogens (primary N) is 1. The van der Waals surface area contributed by atoms with E-state index in [2.05, 4.69) is 4.98 Å². The van der Waals surface area contributed by atoms with Gasteiger partial charge in [0.15, 0.2) is 23.6 Å². The highest BCUT2D eigenvalue weighted by Gasteiger charge is 2.88. The molecule has 2 fully saturated rings. The lowest BCUT2D eigenvalue weighted by Gasteiger charge is -2.20. The first kappa shape index (κ1) is 12.1. The van der Waals surface area contributed by atoms with Gasteiger partial charge in [0.05, 0.1) is 0 Å². The summed E-state index contributed by atoms with van der Waals surface area (Å²) in [5.74, 6) is 2.02. The van der Waals surface area contributed by atoms with Gasteiger partial charge in [0.1, 0.15) is 11.9 Å². The molecule has 1 aliphatic carbocycles. The zero-order valence-electron chi connectivity index (χ0n) is 9.52. The first-order chi connectivity index (χ1) is 8.88. The summed E-state index contributed by atoms with van der Waals surface area (Å²) in [7, 11) is 0. The van der Waals surface area contributed by atoms with Crippen LogP contribution in [0, 0.1) is 12.3 Å². The van der Waals surface area contributed by atoms with Crippen molar-refractivity contribution >= 4 is 5.82 Å². The fourth-order valence-corrected chi connectivity index (χ4v) is 2.46. The van der Waals surface area contributed by atoms with Crippen LogP contribution in [-0.4, -0.2) is 43.2 Å². The fourth-order valence-electron chi connectivity index (χ4n) is 2.46. The van der Waals surface area contributed by atoms with E-state index in [4.69, 9.17) is 16.9 Å². The molecule has 1 aromatic rings. The van der Waals surface area contributed by atoms with Crippen LogP contribution in [0.15, 0.2) is 17.1 Å². The minimum atomic E-state index is -2.20. The highest BCUT2D eigenvalue weighted by Crippen LogP contribution is 2.62. The quantitative estimate of drug-likeness (QED) is 0.516. The molecule has 100 valence electrons. The van der Waals surface area contributed by atoms with E-state index in [0.29, 0.717) is 0 Å². The average Bonchev–Trinajstić information content (AvgIpc) is 2.73. The molecule has 1 saturated heterocycles. The predicted octanol–water partition coefficient (Wildman–Crippen LogP) is -1.83. The van der Waals surface area contributed by atoms with E-state index >= 15 is 0 Å². The highest BCUT2D eigenvalue weighted by atomic mass is 19.1. The van der Waals surface area contributed by atoms with E-state index in [9.17, 15) is 19.4 Å². The molecular formula is C11H10FN3O4.